The minimum Gasteiger partial charge on any atom is -0.330 e. The molecule has 104 valence electrons. The Morgan fingerprint density at radius 3 is 2.58 bits per heavy atom. The summed E-state index contributed by atoms with van der Waals surface area (Å²) in [7, 11) is 0. The molecule has 3 N–H and O–H groups in total. The molecule has 3 nitrogen and oxygen atoms in total. The van der Waals surface area contributed by atoms with Crippen LogP contribution < -0.4 is 11.1 Å². The van der Waals surface area contributed by atoms with Crippen LogP contribution in [0.25, 0.3) is 0 Å². The van der Waals surface area contributed by atoms with E-state index in [0.717, 1.165) is 54.7 Å². The minimum atomic E-state index is 0.151. The first-order valence-electron chi connectivity index (χ1n) is 6.96. The van der Waals surface area contributed by atoms with E-state index in [0.29, 0.717) is 0 Å². The van der Waals surface area contributed by atoms with Gasteiger partial charge in [0.05, 0.1) is 5.69 Å². The van der Waals surface area contributed by atoms with Gasteiger partial charge in [0.15, 0.2) is 0 Å². The lowest BCUT2D eigenvalue weighted by atomic mass is 9.80. The van der Waals surface area contributed by atoms with Crippen LogP contribution in [0.1, 0.15) is 32.1 Å². The van der Waals surface area contributed by atoms with E-state index in [9.17, 15) is 4.79 Å². The summed E-state index contributed by atoms with van der Waals surface area (Å²) in [5, 5.41) is 3.02. The molecule has 4 heteroatoms. The van der Waals surface area contributed by atoms with Crippen molar-refractivity contribution in [2.75, 3.05) is 11.9 Å². The molecule has 0 unspecified atom stereocenters. The molecule has 1 saturated carbocycles. The maximum Gasteiger partial charge on any atom is 0.227 e. The predicted octanol–water partition coefficient (Wildman–Crippen LogP) is 3.54. The lowest BCUT2D eigenvalue weighted by Gasteiger charge is -2.27. The maximum atomic E-state index is 12.2. The molecule has 19 heavy (non-hydrogen) atoms. The first kappa shape index (κ1) is 14.5. The number of hydrogen-bond acceptors (Lipinski definition) is 2. The molecule has 0 atom stereocenters. The summed E-state index contributed by atoms with van der Waals surface area (Å²) < 4.78 is 0.931. The first-order valence-corrected chi connectivity index (χ1v) is 7.75. The highest BCUT2D eigenvalue weighted by molar-refractivity contribution is 9.10. The third-order valence-electron chi connectivity index (χ3n) is 3.92. The van der Waals surface area contributed by atoms with E-state index in [1.54, 1.807) is 0 Å². The standard InChI is InChI=1S/C15H21BrN2O/c16-13-3-1-2-4-14(13)18-15(19)12-7-5-11(6-8-12)9-10-17/h1-4,11-12H,5-10,17H2,(H,18,19). The number of rotatable bonds is 4. The molecule has 1 aliphatic carbocycles. The number of anilines is 1. The number of benzene rings is 1. The van der Waals surface area contributed by atoms with Gasteiger partial charge < -0.3 is 11.1 Å². The highest BCUT2D eigenvalue weighted by Crippen LogP contribution is 2.32. The molecular weight excluding hydrogens is 304 g/mol. The Bertz CT molecular complexity index is 428. The average molecular weight is 325 g/mol. The Hall–Kier alpha value is -0.870. The van der Waals surface area contributed by atoms with Gasteiger partial charge in [0.2, 0.25) is 5.91 Å². The summed E-state index contributed by atoms with van der Waals surface area (Å²) in [6.45, 7) is 0.762. The molecule has 1 aliphatic rings. The Morgan fingerprint density at radius 2 is 1.95 bits per heavy atom. The van der Waals surface area contributed by atoms with Crippen molar-refractivity contribution in [1.82, 2.24) is 0 Å². The van der Waals surface area contributed by atoms with Gasteiger partial charge in [-0.25, -0.2) is 0 Å². The van der Waals surface area contributed by atoms with Gasteiger partial charge in [0, 0.05) is 10.4 Å². The van der Waals surface area contributed by atoms with E-state index < -0.39 is 0 Å². The molecule has 0 aromatic heterocycles. The van der Waals surface area contributed by atoms with Crippen LogP contribution in [0, 0.1) is 11.8 Å². The molecule has 0 spiro atoms. The van der Waals surface area contributed by atoms with E-state index in [1.165, 1.54) is 0 Å². The third-order valence-corrected chi connectivity index (χ3v) is 4.62. The highest BCUT2D eigenvalue weighted by Gasteiger charge is 2.26. The number of nitrogens with two attached hydrogens (primary N) is 1. The lowest BCUT2D eigenvalue weighted by Crippen LogP contribution is -2.27. The van der Waals surface area contributed by atoms with Gasteiger partial charge in [-0.1, -0.05) is 12.1 Å². The van der Waals surface area contributed by atoms with Crippen molar-refractivity contribution < 1.29 is 4.79 Å². The molecule has 0 radical (unpaired) electrons. The van der Waals surface area contributed by atoms with Crippen LogP contribution in [0.4, 0.5) is 5.69 Å². The van der Waals surface area contributed by atoms with Crippen molar-refractivity contribution in [3.63, 3.8) is 0 Å². The van der Waals surface area contributed by atoms with Gasteiger partial charge in [-0.2, -0.15) is 0 Å². The molecular formula is C15H21BrN2O. The second-order valence-corrected chi connectivity index (χ2v) is 6.12. The first-order chi connectivity index (χ1) is 9.20. The maximum absolute atomic E-state index is 12.2. The van der Waals surface area contributed by atoms with E-state index in [4.69, 9.17) is 5.73 Å². The number of halogens is 1. The van der Waals surface area contributed by atoms with E-state index in [1.807, 2.05) is 24.3 Å². The second-order valence-electron chi connectivity index (χ2n) is 5.26. The molecule has 0 saturated heterocycles. The van der Waals surface area contributed by atoms with Crippen LogP contribution in [-0.4, -0.2) is 12.5 Å². The number of para-hydroxylation sites is 1. The van der Waals surface area contributed by atoms with Gasteiger partial charge in [0.25, 0.3) is 0 Å². The van der Waals surface area contributed by atoms with Crippen molar-refractivity contribution in [2.45, 2.75) is 32.1 Å². The molecule has 0 aliphatic heterocycles. The van der Waals surface area contributed by atoms with Gasteiger partial charge in [-0.3, -0.25) is 4.79 Å². The molecule has 0 bridgehead atoms. The SMILES string of the molecule is NCCC1CCC(C(=O)Nc2ccccc2Br)CC1. The number of carbonyl (C=O) groups is 1. The van der Waals surface area contributed by atoms with Crippen LogP contribution >= 0.6 is 15.9 Å². The van der Waals surface area contributed by atoms with Gasteiger partial charge in [-0.15, -0.1) is 0 Å². The van der Waals surface area contributed by atoms with Crippen molar-refractivity contribution >= 4 is 27.5 Å². The zero-order valence-electron chi connectivity index (χ0n) is 11.1. The van der Waals surface area contributed by atoms with E-state index >= 15 is 0 Å². The summed E-state index contributed by atoms with van der Waals surface area (Å²) in [5.74, 6) is 1.02. The molecule has 2 rings (SSSR count). The number of carbonyl (C=O) groups excluding carboxylic acids is 1. The fraction of sp³-hybridized carbons (Fsp3) is 0.533. The smallest absolute Gasteiger partial charge is 0.227 e. The van der Waals surface area contributed by atoms with Crippen molar-refractivity contribution in [1.29, 1.82) is 0 Å². The van der Waals surface area contributed by atoms with Crippen molar-refractivity contribution in [2.24, 2.45) is 17.6 Å². The fourth-order valence-corrected chi connectivity index (χ4v) is 3.13. The number of amides is 1. The highest BCUT2D eigenvalue weighted by atomic mass is 79.9. The van der Waals surface area contributed by atoms with Crippen LogP contribution in [0.15, 0.2) is 28.7 Å². The third kappa shape index (κ3) is 4.05. The van der Waals surface area contributed by atoms with Crippen LogP contribution in [0.3, 0.4) is 0 Å². The molecule has 0 heterocycles. The Kier molecular flexibility index (Phi) is 5.40. The Morgan fingerprint density at radius 1 is 1.26 bits per heavy atom. The summed E-state index contributed by atoms with van der Waals surface area (Å²) in [5.41, 5.74) is 6.45. The lowest BCUT2D eigenvalue weighted by molar-refractivity contribution is -0.121. The van der Waals surface area contributed by atoms with Gasteiger partial charge in [0.1, 0.15) is 0 Å². The van der Waals surface area contributed by atoms with Gasteiger partial charge >= 0.3 is 0 Å². The average Bonchev–Trinajstić information content (AvgIpc) is 2.42. The Balaban J connectivity index is 1.87. The summed E-state index contributed by atoms with van der Waals surface area (Å²) in [4.78, 5) is 12.2. The van der Waals surface area contributed by atoms with Crippen LogP contribution in [0.2, 0.25) is 0 Å². The van der Waals surface area contributed by atoms with Crippen molar-refractivity contribution in [3.05, 3.63) is 28.7 Å². The predicted molar refractivity (Wildman–Crippen MR) is 81.9 cm³/mol. The zero-order chi connectivity index (χ0) is 13.7. The second kappa shape index (κ2) is 7.06. The summed E-state index contributed by atoms with van der Waals surface area (Å²) in [6, 6.07) is 7.73. The van der Waals surface area contributed by atoms with Gasteiger partial charge in [-0.05, 0) is 72.6 Å². The quantitative estimate of drug-likeness (QED) is 0.889. The molecule has 1 amide bonds. The molecule has 1 aromatic carbocycles. The molecule has 1 aromatic rings. The Labute approximate surface area is 123 Å². The number of nitrogens with one attached hydrogen (secondary N) is 1. The number of hydrogen-bond donors (Lipinski definition) is 2. The van der Waals surface area contributed by atoms with Crippen molar-refractivity contribution in [3.8, 4) is 0 Å². The summed E-state index contributed by atoms with van der Waals surface area (Å²) in [6.07, 6.45) is 5.33. The monoisotopic (exact) mass is 324 g/mol. The topological polar surface area (TPSA) is 55.1 Å². The van der Waals surface area contributed by atoms with E-state index in [-0.39, 0.29) is 11.8 Å². The molecule has 1 fully saturated rings. The minimum absolute atomic E-state index is 0.151. The van der Waals surface area contributed by atoms with Crippen LogP contribution in [0.5, 0.6) is 0 Å². The summed E-state index contributed by atoms with van der Waals surface area (Å²) >= 11 is 3.45. The fourth-order valence-electron chi connectivity index (χ4n) is 2.75. The largest absolute Gasteiger partial charge is 0.330 e. The normalized spacial score (nSPS) is 23.1. The van der Waals surface area contributed by atoms with Crippen LogP contribution in [-0.2, 0) is 4.79 Å². The van der Waals surface area contributed by atoms with E-state index in [2.05, 4.69) is 21.2 Å². The zero-order valence-corrected chi connectivity index (χ0v) is 12.7.